The molecule has 2 aromatic rings. The van der Waals surface area contributed by atoms with Crippen LogP contribution in [0.25, 0.3) is 6.08 Å². The standard InChI is InChI=1S/C18H17IN2O2/c1-12-5-3-4-6-14(12)11-17(20-13(2)22)18(23)21-16-9-7-15(19)8-10-16/h3-11H,1-2H3,(H,20,22)(H,21,23). The maximum atomic E-state index is 12.5. The molecule has 0 aliphatic carbocycles. The number of nitrogens with one attached hydrogen (secondary N) is 2. The Kier molecular flexibility index (Phi) is 5.92. The average Bonchev–Trinajstić information content (AvgIpc) is 2.50. The van der Waals surface area contributed by atoms with Gasteiger partial charge in [0.15, 0.2) is 0 Å². The van der Waals surface area contributed by atoms with Crippen LogP contribution in [0.4, 0.5) is 5.69 Å². The number of halogens is 1. The lowest BCUT2D eigenvalue weighted by atomic mass is 10.1. The minimum atomic E-state index is -0.357. The predicted molar refractivity (Wildman–Crippen MR) is 101 cm³/mol. The maximum Gasteiger partial charge on any atom is 0.272 e. The van der Waals surface area contributed by atoms with Crippen molar-refractivity contribution in [3.05, 3.63) is 68.9 Å². The van der Waals surface area contributed by atoms with Crippen molar-refractivity contribution in [1.82, 2.24) is 5.32 Å². The van der Waals surface area contributed by atoms with E-state index in [1.54, 1.807) is 6.08 Å². The Hall–Kier alpha value is -2.15. The lowest BCUT2D eigenvalue weighted by Crippen LogP contribution is -2.29. The molecule has 23 heavy (non-hydrogen) atoms. The van der Waals surface area contributed by atoms with E-state index in [4.69, 9.17) is 0 Å². The number of anilines is 1. The number of carbonyl (C=O) groups is 2. The molecule has 2 rings (SSSR count). The quantitative estimate of drug-likeness (QED) is 0.585. The number of carbonyl (C=O) groups excluding carboxylic acids is 2. The van der Waals surface area contributed by atoms with Crippen LogP contribution in [-0.2, 0) is 9.59 Å². The summed E-state index contributed by atoms with van der Waals surface area (Å²) < 4.78 is 1.08. The highest BCUT2D eigenvalue weighted by atomic mass is 127. The summed E-state index contributed by atoms with van der Waals surface area (Å²) in [6, 6.07) is 15.1. The van der Waals surface area contributed by atoms with Crippen LogP contribution in [0.15, 0.2) is 54.2 Å². The highest BCUT2D eigenvalue weighted by Gasteiger charge is 2.12. The van der Waals surface area contributed by atoms with Gasteiger partial charge in [-0.2, -0.15) is 0 Å². The summed E-state index contributed by atoms with van der Waals surface area (Å²) in [6.07, 6.45) is 1.68. The molecule has 0 atom stereocenters. The molecule has 5 heteroatoms. The van der Waals surface area contributed by atoms with Crippen LogP contribution < -0.4 is 10.6 Å². The van der Waals surface area contributed by atoms with Crippen LogP contribution in [-0.4, -0.2) is 11.8 Å². The molecule has 2 aromatic carbocycles. The fourth-order valence-corrected chi connectivity index (χ4v) is 2.34. The highest BCUT2D eigenvalue weighted by molar-refractivity contribution is 14.1. The van der Waals surface area contributed by atoms with E-state index in [-0.39, 0.29) is 17.5 Å². The number of aryl methyl sites for hydroxylation is 1. The molecule has 0 fully saturated rings. The molecule has 0 aromatic heterocycles. The van der Waals surface area contributed by atoms with E-state index < -0.39 is 0 Å². The molecule has 0 bridgehead atoms. The van der Waals surface area contributed by atoms with E-state index in [0.29, 0.717) is 5.69 Å². The van der Waals surface area contributed by atoms with E-state index in [2.05, 4.69) is 33.2 Å². The van der Waals surface area contributed by atoms with Crippen LogP contribution in [0, 0.1) is 10.5 Å². The van der Waals surface area contributed by atoms with Gasteiger partial charge in [0.05, 0.1) is 0 Å². The summed E-state index contributed by atoms with van der Waals surface area (Å²) in [5, 5.41) is 5.38. The zero-order chi connectivity index (χ0) is 16.8. The lowest BCUT2D eigenvalue weighted by Gasteiger charge is -2.10. The third-order valence-corrected chi connectivity index (χ3v) is 3.86. The number of hydrogen-bond acceptors (Lipinski definition) is 2. The Bertz CT molecular complexity index is 752. The van der Waals surface area contributed by atoms with Gasteiger partial charge in [-0.15, -0.1) is 0 Å². The van der Waals surface area contributed by atoms with Gasteiger partial charge in [0, 0.05) is 16.2 Å². The second-order valence-electron chi connectivity index (χ2n) is 5.06. The minimum Gasteiger partial charge on any atom is -0.322 e. The summed E-state index contributed by atoms with van der Waals surface area (Å²) in [5.74, 6) is -0.646. The van der Waals surface area contributed by atoms with Gasteiger partial charge in [-0.25, -0.2) is 0 Å². The fraction of sp³-hybridized carbons (Fsp3) is 0.111. The van der Waals surface area contributed by atoms with Gasteiger partial charge < -0.3 is 10.6 Å². The normalized spacial score (nSPS) is 11.0. The summed E-state index contributed by atoms with van der Waals surface area (Å²) in [6.45, 7) is 3.33. The van der Waals surface area contributed by atoms with Crippen molar-refractivity contribution >= 4 is 46.2 Å². The van der Waals surface area contributed by atoms with Crippen LogP contribution >= 0.6 is 22.6 Å². The average molecular weight is 420 g/mol. The number of amides is 2. The first-order valence-corrected chi connectivity index (χ1v) is 8.15. The van der Waals surface area contributed by atoms with E-state index in [1.807, 2.05) is 55.5 Å². The topological polar surface area (TPSA) is 58.2 Å². The SMILES string of the molecule is CC(=O)NC(=Cc1ccccc1C)C(=O)Nc1ccc(I)cc1. The lowest BCUT2D eigenvalue weighted by molar-refractivity contribution is -0.120. The molecule has 2 N–H and O–H groups in total. The second kappa shape index (κ2) is 7.92. The molecule has 0 saturated heterocycles. The third kappa shape index (κ3) is 5.21. The Morgan fingerprint density at radius 1 is 1.04 bits per heavy atom. The Labute approximate surface area is 149 Å². The molecule has 0 aliphatic rings. The van der Waals surface area contributed by atoms with Crippen molar-refractivity contribution < 1.29 is 9.59 Å². The molecule has 0 radical (unpaired) electrons. The predicted octanol–water partition coefficient (Wildman–Crippen LogP) is 3.72. The van der Waals surface area contributed by atoms with Gasteiger partial charge in [-0.3, -0.25) is 9.59 Å². The summed E-state index contributed by atoms with van der Waals surface area (Å²) in [5.41, 5.74) is 2.80. The molecular weight excluding hydrogens is 403 g/mol. The van der Waals surface area contributed by atoms with Crippen molar-refractivity contribution in [2.75, 3.05) is 5.32 Å². The van der Waals surface area contributed by atoms with Crippen molar-refractivity contribution in [3.63, 3.8) is 0 Å². The minimum absolute atomic E-state index is 0.213. The molecule has 4 nitrogen and oxygen atoms in total. The fourth-order valence-electron chi connectivity index (χ4n) is 1.98. The van der Waals surface area contributed by atoms with Gasteiger partial charge in [-0.05, 0) is 71.0 Å². The van der Waals surface area contributed by atoms with Crippen LogP contribution in [0.1, 0.15) is 18.1 Å². The largest absolute Gasteiger partial charge is 0.322 e. The van der Waals surface area contributed by atoms with E-state index in [1.165, 1.54) is 6.92 Å². The van der Waals surface area contributed by atoms with Crippen molar-refractivity contribution in [3.8, 4) is 0 Å². The summed E-state index contributed by atoms with van der Waals surface area (Å²) >= 11 is 2.20. The molecule has 0 saturated carbocycles. The maximum absolute atomic E-state index is 12.5. The molecule has 0 aliphatic heterocycles. The zero-order valence-corrected chi connectivity index (χ0v) is 15.0. The Balaban J connectivity index is 2.27. The first-order chi connectivity index (χ1) is 11.0. The highest BCUT2D eigenvalue weighted by Crippen LogP contribution is 2.14. The zero-order valence-electron chi connectivity index (χ0n) is 12.9. The van der Waals surface area contributed by atoms with Gasteiger partial charge >= 0.3 is 0 Å². The van der Waals surface area contributed by atoms with Crippen molar-refractivity contribution in [2.24, 2.45) is 0 Å². The third-order valence-electron chi connectivity index (χ3n) is 3.15. The molecule has 2 amide bonds. The molecule has 0 unspecified atom stereocenters. The van der Waals surface area contributed by atoms with Crippen molar-refractivity contribution in [1.29, 1.82) is 0 Å². The van der Waals surface area contributed by atoms with Gasteiger partial charge in [0.1, 0.15) is 5.70 Å². The first kappa shape index (κ1) is 17.2. The van der Waals surface area contributed by atoms with Gasteiger partial charge in [0.25, 0.3) is 5.91 Å². The van der Waals surface area contributed by atoms with Gasteiger partial charge in [-0.1, -0.05) is 24.3 Å². The van der Waals surface area contributed by atoms with Crippen LogP contribution in [0.5, 0.6) is 0 Å². The molecule has 118 valence electrons. The Morgan fingerprint density at radius 2 is 1.70 bits per heavy atom. The summed E-state index contributed by atoms with van der Waals surface area (Å²) in [4.78, 5) is 23.9. The van der Waals surface area contributed by atoms with Crippen molar-refractivity contribution in [2.45, 2.75) is 13.8 Å². The van der Waals surface area contributed by atoms with Gasteiger partial charge in [0.2, 0.25) is 5.91 Å². The smallest absolute Gasteiger partial charge is 0.272 e. The van der Waals surface area contributed by atoms with Crippen LogP contribution in [0.2, 0.25) is 0 Å². The number of benzene rings is 2. The second-order valence-corrected chi connectivity index (χ2v) is 6.30. The Morgan fingerprint density at radius 3 is 2.30 bits per heavy atom. The van der Waals surface area contributed by atoms with Crippen LogP contribution in [0.3, 0.4) is 0 Å². The van der Waals surface area contributed by atoms with E-state index >= 15 is 0 Å². The summed E-state index contributed by atoms with van der Waals surface area (Å²) in [7, 11) is 0. The first-order valence-electron chi connectivity index (χ1n) is 7.07. The number of hydrogen-bond donors (Lipinski definition) is 2. The number of rotatable bonds is 4. The molecule has 0 spiro atoms. The van der Waals surface area contributed by atoms with E-state index in [0.717, 1.165) is 14.7 Å². The van der Waals surface area contributed by atoms with E-state index in [9.17, 15) is 9.59 Å². The molecular formula is C18H17IN2O2. The molecule has 0 heterocycles. The monoisotopic (exact) mass is 420 g/mol.